The molecule has 2 aliphatic carbocycles. The number of hydrogen-bond acceptors (Lipinski definition) is 1. The van der Waals surface area contributed by atoms with E-state index in [-0.39, 0.29) is 0 Å². The summed E-state index contributed by atoms with van der Waals surface area (Å²) in [5.41, 5.74) is 20.8. The van der Waals surface area contributed by atoms with Gasteiger partial charge in [-0.3, -0.25) is 0 Å². The van der Waals surface area contributed by atoms with Gasteiger partial charge in [0.05, 0.1) is 11.1 Å². The highest BCUT2D eigenvalue weighted by atomic mass is 15.1. The van der Waals surface area contributed by atoms with Crippen LogP contribution in [0.3, 0.4) is 0 Å². The van der Waals surface area contributed by atoms with Gasteiger partial charge in [-0.05, 0) is 113 Å². The normalized spacial score (nSPS) is 12.8. The Morgan fingerprint density at radius 3 is 1.18 bits per heavy atom. The van der Waals surface area contributed by atoms with E-state index in [1.807, 2.05) is 0 Å². The zero-order valence-corrected chi connectivity index (χ0v) is 33.0. The molecule has 12 rings (SSSR count). The molecule has 10 aromatic carbocycles. The van der Waals surface area contributed by atoms with E-state index in [1.165, 1.54) is 88.7 Å². The Morgan fingerprint density at radius 1 is 0.250 bits per heavy atom. The van der Waals surface area contributed by atoms with Crippen molar-refractivity contribution in [3.8, 4) is 55.6 Å². The second-order valence-electron chi connectivity index (χ2n) is 16.0. The maximum Gasteiger partial charge on any atom is 0.0726 e. The predicted octanol–water partition coefficient (Wildman–Crippen LogP) is 15.7. The average molecular weight is 762 g/mol. The van der Waals surface area contributed by atoms with Crippen molar-refractivity contribution in [2.75, 3.05) is 4.90 Å². The van der Waals surface area contributed by atoms with E-state index < -0.39 is 5.41 Å². The van der Waals surface area contributed by atoms with Gasteiger partial charge in [-0.15, -0.1) is 0 Å². The van der Waals surface area contributed by atoms with Crippen LogP contribution in [0, 0.1) is 0 Å². The number of nitrogens with zero attached hydrogens (tertiary/aromatic N) is 1. The number of para-hydroxylation sites is 1. The van der Waals surface area contributed by atoms with Crippen LogP contribution in [0.15, 0.2) is 237 Å². The first-order valence-corrected chi connectivity index (χ1v) is 20.8. The first-order chi connectivity index (χ1) is 29.8. The zero-order chi connectivity index (χ0) is 39.6. The number of fused-ring (bicyclic) bond motifs is 11. The van der Waals surface area contributed by atoms with Gasteiger partial charge in [-0.25, -0.2) is 0 Å². The van der Waals surface area contributed by atoms with Gasteiger partial charge in [0.15, 0.2) is 0 Å². The number of hydrogen-bond donors (Lipinski definition) is 0. The van der Waals surface area contributed by atoms with Crippen LogP contribution >= 0.6 is 0 Å². The predicted molar refractivity (Wildman–Crippen MR) is 251 cm³/mol. The Hall–Kier alpha value is -7.74. The second-order valence-corrected chi connectivity index (χ2v) is 16.0. The van der Waals surface area contributed by atoms with Crippen molar-refractivity contribution >= 4 is 27.8 Å². The van der Waals surface area contributed by atoms with E-state index in [0.717, 1.165) is 17.1 Å². The second kappa shape index (κ2) is 13.7. The molecule has 0 bridgehead atoms. The summed E-state index contributed by atoms with van der Waals surface area (Å²) in [6, 6.07) is 87.2. The van der Waals surface area contributed by atoms with E-state index in [0.29, 0.717) is 0 Å². The molecule has 2 aliphatic rings. The number of anilines is 3. The molecule has 1 spiro atoms. The summed E-state index contributed by atoms with van der Waals surface area (Å²) >= 11 is 0. The van der Waals surface area contributed by atoms with Crippen LogP contribution in [0.1, 0.15) is 22.3 Å². The van der Waals surface area contributed by atoms with Gasteiger partial charge < -0.3 is 4.90 Å². The van der Waals surface area contributed by atoms with Crippen molar-refractivity contribution in [1.29, 1.82) is 0 Å². The molecule has 0 N–H and O–H groups in total. The van der Waals surface area contributed by atoms with Crippen molar-refractivity contribution in [3.63, 3.8) is 0 Å². The lowest BCUT2D eigenvalue weighted by Crippen LogP contribution is -2.26. The third-order valence-corrected chi connectivity index (χ3v) is 12.9. The van der Waals surface area contributed by atoms with Crippen LogP contribution < -0.4 is 4.90 Å². The van der Waals surface area contributed by atoms with Gasteiger partial charge >= 0.3 is 0 Å². The van der Waals surface area contributed by atoms with Gasteiger partial charge in [-0.1, -0.05) is 206 Å². The van der Waals surface area contributed by atoms with Crippen LogP contribution in [-0.4, -0.2) is 0 Å². The summed E-state index contributed by atoms with van der Waals surface area (Å²) < 4.78 is 0. The Kier molecular flexibility index (Phi) is 7.83. The SMILES string of the molecule is c1ccc(-c2ccccc2N(c2ccc(-c3ccc(-c4ccccc4)c4ccccc34)cc2)c2ccc3c(c2)C2(c4ccccc4-c4ccccc42)c2ccccc2-3)cc1. The van der Waals surface area contributed by atoms with Crippen molar-refractivity contribution in [2.24, 2.45) is 0 Å². The van der Waals surface area contributed by atoms with Crippen molar-refractivity contribution in [2.45, 2.75) is 5.41 Å². The van der Waals surface area contributed by atoms with Crippen molar-refractivity contribution in [3.05, 3.63) is 259 Å². The standard InChI is InChI=1S/C59H39N/c1-3-17-40(18-4-1)45-37-38-46(49-23-8-7-22-48(45)49)42-31-33-43(34-32-42)60(58-30-16-12-21-47(58)41-19-5-2-6-20-41)44-35-36-53-52-26-11-15-29-56(52)59(57(53)39-44)54-27-13-9-24-50(54)51-25-10-14-28-55(51)59/h1-39H. The molecule has 10 aromatic rings. The summed E-state index contributed by atoms with van der Waals surface area (Å²) in [7, 11) is 0. The van der Waals surface area contributed by atoms with E-state index >= 15 is 0 Å². The number of rotatable bonds is 6. The smallest absolute Gasteiger partial charge is 0.0726 e. The summed E-state index contributed by atoms with van der Waals surface area (Å²) in [4.78, 5) is 2.46. The van der Waals surface area contributed by atoms with Crippen molar-refractivity contribution in [1.82, 2.24) is 0 Å². The molecule has 1 nitrogen and oxygen atoms in total. The van der Waals surface area contributed by atoms with Gasteiger partial charge in [0.25, 0.3) is 0 Å². The highest BCUT2D eigenvalue weighted by Gasteiger charge is 2.51. The third kappa shape index (κ3) is 5.06. The quantitative estimate of drug-likeness (QED) is 0.163. The first kappa shape index (κ1) is 34.3. The average Bonchev–Trinajstić information content (AvgIpc) is 3.79. The Labute approximate surface area is 351 Å². The van der Waals surface area contributed by atoms with E-state index in [4.69, 9.17) is 0 Å². The molecule has 0 fully saturated rings. The molecule has 0 radical (unpaired) electrons. The lowest BCUT2D eigenvalue weighted by molar-refractivity contribution is 0.793. The van der Waals surface area contributed by atoms with Gasteiger partial charge in [0.1, 0.15) is 0 Å². The van der Waals surface area contributed by atoms with Gasteiger partial charge in [0.2, 0.25) is 0 Å². The van der Waals surface area contributed by atoms with Crippen LogP contribution in [0.25, 0.3) is 66.4 Å². The van der Waals surface area contributed by atoms with Crippen LogP contribution in [0.2, 0.25) is 0 Å². The lowest BCUT2D eigenvalue weighted by Gasteiger charge is -2.32. The first-order valence-electron chi connectivity index (χ1n) is 20.8. The zero-order valence-electron chi connectivity index (χ0n) is 33.0. The van der Waals surface area contributed by atoms with E-state index in [9.17, 15) is 0 Å². The Morgan fingerprint density at radius 2 is 0.633 bits per heavy atom. The minimum absolute atomic E-state index is 0.434. The van der Waals surface area contributed by atoms with Gasteiger partial charge in [-0.2, -0.15) is 0 Å². The maximum atomic E-state index is 2.49. The molecule has 0 saturated heterocycles. The van der Waals surface area contributed by atoms with Crippen molar-refractivity contribution < 1.29 is 0 Å². The minimum atomic E-state index is -0.434. The lowest BCUT2D eigenvalue weighted by atomic mass is 9.70. The monoisotopic (exact) mass is 761 g/mol. The molecule has 0 atom stereocenters. The Bertz CT molecular complexity index is 3190. The molecule has 0 aromatic heterocycles. The summed E-state index contributed by atoms with van der Waals surface area (Å²) in [6.07, 6.45) is 0. The molecule has 280 valence electrons. The minimum Gasteiger partial charge on any atom is -0.310 e. The van der Waals surface area contributed by atoms with Crippen LogP contribution in [0.4, 0.5) is 17.1 Å². The summed E-state index contributed by atoms with van der Waals surface area (Å²) in [6.45, 7) is 0. The fourth-order valence-corrected chi connectivity index (χ4v) is 10.4. The topological polar surface area (TPSA) is 3.24 Å². The van der Waals surface area contributed by atoms with Gasteiger partial charge in [0, 0.05) is 16.9 Å². The van der Waals surface area contributed by atoms with E-state index in [2.05, 4.69) is 241 Å². The highest BCUT2D eigenvalue weighted by molar-refractivity contribution is 6.05. The molecule has 0 aliphatic heterocycles. The Balaban J connectivity index is 1.06. The molecule has 1 heteroatoms. The molecule has 0 heterocycles. The van der Waals surface area contributed by atoms with Crippen LogP contribution in [0.5, 0.6) is 0 Å². The molecule has 60 heavy (non-hydrogen) atoms. The largest absolute Gasteiger partial charge is 0.310 e. The van der Waals surface area contributed by atoms with E-state index in [1.54, 1.807) is 0 Å². The molecule has 0 saturated carbocycles. The number of benzene rings is 10. The maximum absolute atomic E-state index is 2.49. The molecular formula is C59H39N. The summed E-state index contributed by atoms with van der Waals surface area (Å²) in [5.74, 6) is 0. The molecule has 0 amide bonds. The fraction of sp³-hybridized carbons (Fsp3) is 0.0169. The van der Waals surface area contributed by atoms with Crippen LogP contribution in [-0.2, 0) is 5.41 Å². The summed E-state index contributed by atoms with van der Waals surface area (Å²) in [5, 5.41) is 2.50. The fourth-order valence-electron chi connectivity index (χ4n) is 10.4. The highest BCUT2D eigenvalue weighted by Crippen LogP contribution is 2.63. The molecule has 0 unspecified atom stereocenters. The molecular weight excluding hydrogens is 723 g/mol. The third-order valence-electron chi connectivity index (χ3n) is 12.9.